The van der Waals surface area contributed by atoms with E-state index in [2.05, 4.69) is 31.8 Å². The van der Waals surface area contributed by atoms with E-state index < -0.39 is 0 Å². The molecule has 4 nitrogen and oxygen atoms in total. The van der Waals surface area contributed by atoms with Crippen LogP contribution in [0.25, 0.3) is 0 Å². The average Bonchev–Trinajstić information content (AvgIpc) is 2.59. The number of hydrogen-bond acceptors (Lipinski definition) is 3. The summed E-state index contributed by atoms with van der Waals surface area (Å²) in [4.78, 5) is 12.3. The summed E-state index contributed by atoms with van der Waals surface area (Å²) in [6, 6.07) is 14.6. The molecule has 0 fully saturated rings. The Morgan fingerprint density at radius 1 is 1.17 bits per heavy atom. The van der Waals surface area contributed by atoms with Gasteiger partial charge in [-0.05, 0) is 55.3 Å². The fraction of sp³-hybridized carbons (Fsp3) is 0.222. The molecule has 0 saturated heterocycles. The molecule has 2 rings (SSSR count). The number of nitrogens with one attached hydrogen (secondary N) is 2. The van der Waals surface area contributed by atoms with Crippen molar-refractivity contribution in [3.63, 3.8) is 0 Å². The van der Waals surface area contributed by atoms with Crippen LogP contribution >= 0.6 is 27.5 Å². The van der Waals surface area contributed by atoms with Gasteiger partial charge < -0.3 is 5.32 Å². The zero-order valence-corrected chi connectivity index (χ0v) is 15.9. The van der Waals surface area contributed by atoms with E-state index in [9.17, 15) is 4.79 Å². The zero-order valence-electron chi connectivity index (χ0n) is 13.5. The van der Waals surface area contributed by atoms with Crippen molar-refractivity contribution >= 4 is 44.8 Å². The largest absolute Gasteiger partial charge is 0.374 e. The van der Waals surface area contributed by atoms with Gasteiger partial charge in [-0.25, -0.2) is 5.43 Å². The summed E-state index contributed by atoms with van der Waals surface area (Å²) in [5.41, 5.74) is 5.17. The van der Waals surface area contributed by atoms with E-state index in [0.717, 1.165) is 21.4 Å². The van der Waals surface area contributed by atoms with Crippen molar-refractivity contribution in [3.05, 3.63) is 63.6 Å². The van der Waals surface area contributed by atoms with Gasteiger partial charge in [-0.15, -0.1) is 0 Å². The second kappa shape index (κ2) is 8.85. The van der Waals surface area contributed by atoms with Crippen LogP contribution < -0.4 is 10.7 Å². The Balaban J connectivity index is 1.99. The highest BCUT2D eigenvalue weighted by Gasteiger charge is 2.15. The normalized spacial score (nSPS) is 12.6. The van der Waals surface area contributed by atoms with Crippen LogP contribution in [0.3, 0.4) is 0 Å². The summed E-state index contributed by atoms with van der Waals surface area (Å²) in [6.45, 7) is 3.80. The van der Waals surface area contributed by atoms with Gasteiger partial charge in [0.1, 0.15) is 6.04 Å². The van der Waals surface area contributed by atoms with Gasteiger partial charge in [-0.2, -0.15) is 5.10 Å². The highest BCUT2D eigenvalue weighted by atomic mass is 79.9. The van der Waals surface area contributed by atoms with Gasteiger partial charge in [-0.1, -0.05) is 46.6 Å². The average molecular weight is 409 g/mol. The van der Waals surface area contributed by atoms with Gasteiger partial charge in [0.15, 0.2) is 0 Å². The van der Waals surface area contributed by atoms with E-state index >= 15 is 0 Å². The third kappa shape index (κ3) is 5.35. The second-order valence-corrected chi connectivity index (χ2v) is 6.64. The van der Waals surface area contributed by atoms with Gasteiger partial charge >= 0.3 is 0 Å². The molecule has 0 unspecified atom stereocenters. The SMILES string of the molecule is CC[C@@H](Nc1ccc(Cl)cc1)C(=O)NN=C(C)c1ccc(Br)cc1. The number of hydrazone groups is 1. The molecule has 0 aliphatic rings. The van der Waals surface area contributed by atoms with Gasteiger partial charge in [0.25, 0.3) is 5.91 Å². The number of nitrogens with zero attached hydrogens (tertiary/aromatic N) is 1. The Morgan fingerprint density at radius 2 is 1.79 bits per heavy atom. The standard InChI is InChI=1S/C18H19BrClN3O/c1-3-17(21-16-10-8-15(20)9-11-16)18(24)23-22-12(2)13-4-6-14(19)7-5-13/h4-11,17,21H,3H2,1-2H3,(H,23,24)/t17-/m1/s1. The van der Waals surface area contributed by atoms with Crippen LogP contribution in [0.4, 0.5) is 5.69 Å². The molecule has 0 radical (unpaired) electrons. The molecule has 126 valence electrons. The third-order valence-electron chi connectivity index (χ3n) is 3.51. The molecule has 0 bridgehead atoms. The molecule has 6 heteroatoms. The maximum absolute atomic E-state index is 12.3. The summed E-state index contributed by atoms with van der Waals surface area (Å²) in [7, 11) is 0. The lowest BCUT2D eigenvalue weighted by atomic mass is 10.1. The minimum absolute atomic E-state index is 0.177. The van der Waals surface area contributed by atoms with Crippen LogP contribution in [0.1, 0.15) is 25.8 Å². The Kier molecular flexibility index (Phi) is 6.82. The first-order valence-corrected chi connectivity index (χ1v) is 8.79. The van der Waals surface area contributed by atoms with E-state index in [1.165, 1.54) is 0 Å². The highest BCUT2D eigenvalue weighted by molar-refractivity contribution is 9.10. The van der Waals surface area contributed by atoms with Gasteiger partial charge in [0, 0.05) is 15.2 Å². The minimum atomic E-state index is -0.368. The number of amides is 1. The first-order valence-electron chi connectivity index (χ1n) is 7.61. The second-order valence-electron chi connectivity index (χ2n) is 5.29. The number of anilines is 1. The van der Waals surface area contributed by atoms with E-state index in [1.54, 1.807) is 12.1 Å². The number of benzene rings is 2. The van der Waals surface area contributed by atoms with Gasteiger partial charge in [-0.3, -0.25) is 4.79 Å². The molecule has 0 heterocycles. The number of halogens is 2. The van der Waals surface area contributed by atoms with Gasteiger partial charge in [0.2, 0.25) is 0 Å². The number of carbonyl (C=O) groups excluding carboxylic acids is 1. The summed E-state index contributed by atoms with van der Waals surface area (Å²) in [6.07, 6.45) is 0.640. The van der Waals surface area contributed by atoms with Crippen molar-refractivity contribution in [2.24, 2.45) is 5.10 Å². The first kappa shape index (κ1) is 18.5. The molecule has 24 heavy (non-hydrogen) atoms. The van der Waals surface area contributed by atoms with Crippen LogP contribution in [0, 0.1) is 0 Å². The van der Waals surface area contributed by atoms with Crippen LogP contribution in [0.15, 0.2) is 58.1 Å². The number of carbonyl (C=O) groups is 1. The van der Waals surface area contributed by atoms with Crippen LogP contribution in [0.2, 0.25) is 5.02 Å². The fourth-order valence-electron chi connectivity index (χ4n) is 2.07. The van der Waals surface area contributed by atoms with Crippen LogP contribution in [-0.2, 0) is 4.79 Å². The molecule has 1 atom stereocenters. The fourth-order valence-corrected chi connectivity index (χ4v) is 2.46. The summed E-state index contributed by atoms with van der Waals surface area (Å²) >= 11 is 9.26. The Bertz CT molecular complexity index is 714. The van der Waals surface area contributed by atoms with E-state index in [-0.39, 0.29) is 11.9 Å². The maximum Gasteiger partial charge on any atom is 0.262 e. The molecular weight excluding hydrogens is 390 g/mol. The van der Waals surface area contributed by atoms with Crippen molar-refractivity contribution in [1.82, 2.24) is 5.43 Å². The Hall–Kier alpha value is -1.85. The van der Waals surface area contributed by atoms with Crippen molar-refractivity contribution in [2.75, 3.05) is 5.32 Å². The molecule has 0 aliphatic carbocycles. The molecule has 2 aromatic carbocycles. The molecule has 0 spiro atoms. The maximum atomic E-state index is 12.3. The minimum Gasteiger partial charge on any atom is -0.374 e. The Labute approximate surface area is 155 Å². The highest BCUT2D eigenvalue weighted by Crippen LogP contribution is 2.15. The first-order chi connectivity index (χ1) is 11.5. The molecule has 2 aromatic rings. The quantitative estimate of drug-likeness (QED) is 0.531. The monoisotopic (exact) mass is 407 g/mol. The van der Waals surface area contributed by atoms with E-state index in [4.69, 9.17) is 11.6 Å². The van der Waals surface area contributed by atoms with Crippen molar-refractivity contribution in [3.8, 4) is 0 Å². The predicted octanol–water partition coefficient (Wildman–Crippen LogP) is 4.83. The Morgan fingerprint density at radius 3 is 2.38 bits per heavy atom. The van der Waals surface area contributed by atoms with Crippen LogP contribution in [0.5, 0.6) is 0 Å². The van der Waals surface area contributed by atoms with Crippen molar-refractivity contribution in [2.45, 2.75) is 26.3 Å². The third-order valence-corrected chi connectivity index (χ3v) is 4.29. The zero-order chi connectivity index (χ0) is 17.5. The number of rotatable bonds is 6. The van der Waals surface area contributed by atoms with Crippen LogP contribution in [-0.4, -0.2) is 17.7 Å². The molecule has 0 saturated carbocycles. The summed E-state index contributed by atoms with van der Waals surface area (Å²) in [5.74, 6) is -0.177. The predicted molar refractivity (Wildman–Crippen MR) is 104 cm³/mol. The smallest absolute Gasteiger partial charge is 0.262 e. The van der Waals surface area contributed by atoms with Crippen molar-refractivity contribution in [1.29, 1.82) is 0 Å². The molecule has 1 amide bonds. The molecule has 0 aromatic heterocycles. The lowest BCUT2D eigenvalue weighted by Gasteiger charge is -2.16. The van der Waals surface area contributed by atoms with E-state index in [1.807, 2.05) is 50.2 Å². The van der Waals surface area contributed by atoms with Crippen molar-refractivity contribution < 1.29 is 4.79 Å². The van der Waals surface area contributed by atoms with Gasteiger partial charge in [0.05, 0.1) is 5.71 Å². The molecular formula is C18H19BrClN3O. The molecule has 2 N–H and O–H groups in total. The lowest BCUT2D eigenvalue weighted by Crippen LogP contribution is -2.37. The summed E-state index contributed by atoms with van der Waals surface area (Å²) < 4.78 is 1.00. The molecule has 0 aliphatic heterocycles. The topological polar surface area (TPSA) is 53.5 Å². The number of hydrogen-bond donors (Lipinski definition) is 2. The van der Waals surface area contributed by atoms with E-state index in [0.29, 0.717) is 11.4 Å². The summed E-state index contributed by atoms with van der Waals surface area (Å²) in [5, 5.41) is 8.03. The lowest BCUT2D eigenvalue weighted by molar-refractivity contribution is -0.121.